The van der Waals surface area contributed by atoms with E-state index in [0.717, 1.165) is 24.3 Å². The topological polar surface area (TPSA) is 12.5 Å². The van der Waals surface area contributed by atoms with Crippen molar-refractivity contribution in [2.75, 3.05) is 18.0 Å². The van der Waals surface area contributed by atoms with Gasteiger partial charge in [0, 0.05) is 30.9 Å². The molecule has 3 rings (SSSR count). The van der Waals surface area contributed by atoms with Crippen molar-refractivity contribution in [2.24, 2.45) is 0 Å². The maximum absolute atomic E-state index is 14.1. The Labute approximate surface area is 138 Å². The third kappa shape index (κ3) is 3.87. The molecule has 2 nitrogen and oxygen atoms in total. The Morgan fingerprint density at radius 2 is 1.70 bits per heavy atom. The van der Waals surface area contributed by atoms with E-state index >= 15 is 0 Å². The minimum atomic E-state index is -0.204. The number of hydrogen-bond acceptors (Lipinski definition) is 2. The minimum absolute atomic E-state index is 0.173. The number of nitrogens with zero attached hydrogens (tertiary/aromatic N) is 1. The molecule has 23 heavy (non-hydrogen) atoms. The molecular weight excluding hydrogens is 288 g/mol. The molecule has 2 aromatic carbocycles. The number of rotatable bonds is 4. The van der Waals surface area contributed by atoms with Crippen molar-refractivity contribution in [1.82, 2.24) is 0 Å². The fourth-order valence-corrected chi connectivity index (χ4v) is 3.07. The van der Waals surface area contributed by atoms with Gasteiger partial charge in [-0.3, -0.25) is 0 Å². The highest BCUT2D eigenvalue weighted by atomic mass is 19.1. The first-order chi connectivity index (χ1) is 11.1. The van der Waals surface area contributed by atoms with E-state index in [1.807, 2.05) is 44.0 Å². The number of benzene rings is 2. The van der Waals surface area contributed by atoms with Gasteiger partial charge >= 0.3 is 0 Å². The highest BCUT2D eigenvalue weighted by Crippen LogP contribution is 2.27. The van der Waals surface area contributed by atoms with Gasteiger partial charge in [0.25, 0.3) is 0 Å². The van der Waals surface area contributed by atoms with Gasteiger partial charge in [0.05, 0.1) is 0 Å². The van der Waals surface area contributed by atoms with Gasteiger partial charge in [-0.2, -0.15) is 0 Å². The second-order valence-corrected chi connectivity index (χ2v) is 6.49. The molecule has 0 radical (unpaired) electrons. The lowest BCUT2D eigenvalue weighted by molar-refractivity contribution is 0.477. The third-order valence-electron chi connectivity index (χ3n) is 4.37. The summed E-state index contributed by atoms with van der Waals surface area (Å²) in [4.78, 5) is 2.39. The fourth-order valence-electron chi connectivity index (χ4n) is 3.07. The van der Waals surface area contributed by atoms with Gasteiger partial charge in [-0.1, -0.05) is 25.8 Å². The molecule has 0 spiro atoms. The van der Waals surface area contributed by atoms with Crippen LogP contribution in [0.4, 0.5) is 10.1 Å². The molecule has 1 heterocycles. The molecule has 0 bridgehead atoms. The molecule has 4 heteroatoms. The van der Waals surface area contributed by atoms with E-state index in [0.29, 0.717) is 5.75 Å². The Bertz CT molecular complexity index is 668. The second kappa shape index (κ2) is 7.07. The maximum atomic E-state index is 14.1. The Morgan fingerprint density at radius 1 is 0.957 bits per heavy atom. The summed E-state index contributed by atoms with van der Waals surface area (Å²) in [5.41, 5.74) is 1.90. The Balaban J connectivity index is 1.76. The summed E-state index contributed by atoms with van der Waals surface area (Å²) >= 11 is 0. The zero-order valence-corrected chi connectivity index (χ0v) is 13.9. The molecule has 1 aliphatic rings. The zero-order chi connectivity index (χ0) is 16.2. The quantitative estimate of drug-likeness (QED) is 0.767. The molecule has 0 aliphatic carbocycles. The van der Waals surface area contributed by atoms with Crippen LogP contribution in [0.15, 0.2) is 42.5 Å². The van der Waals surface area contributed by atoms with Crippen LogP contribution in [0.3, 0.4) is 0 Å². The number of hydrogen-bond donors (Lipinski definition) is 0. The lowest BCUT2D eigenvalue weighted by Crippen LogP contribution is -2.29. The van der Waals surface area contributed by atoms with Gasteiger partial charge < -0.3 is 9.64 Å². The first-order valence-corrected chi connectivity index (χ1v) is 8.46. The summed E-state index contributed by atoms with van der Waals surface area (Å²) in [6.07, 6.45) is 3.80. The van der Waals surface area contributed by atoms with E-state index in [2.05, 4.69) is 11.0 Å². The van der Waals surface area contributed by atoms with Crippen molar-refractivity contribution in [2.45, 2.75) is 32.9 Å². The van der Waals surface area contributed by atoms with Gasteiger partial charge in [-0.15, -0.1) is 0 Å². The predicted octanol–water partition coefficient (Wildman–Crippen LogP) is 4.57. The monoisotopic (exact) mass is 311 g/mol. The molecule has 120 valence electrons. The maximum Gasteiger partial charge on any atom is 0.173 e. The first-order valence-electron chi connectivity index (χ1n) is 8.46. The van der Waals surface area contributed by atoms with Crippen LogP contribution in [0.5, 0.6) is 11.5 Å². The highest BCUT2D eigenvalue weighted by Gasteiger charge is 2.13. The largest absolute Gasteiger partial charge is 0.457 e. The highest BCUT2D eigenvalue weighted by molar-refractivity contribution is 6.70. The number of halogens is 1. The molecule has 1 fully saturated rings. The summed E-state index contributed by atoms with van der Waals surface area (Å²) in [6, 6.07) is 13.2. The zero-order valence-electron chi connectivity index (χ0n) is 13.9. The van der Waals surface area contributed by atoms with E-state index in [-0.39, 0.29) is 12.5 Å². The number of anilines is 1. The summed E-state index contributed by atoms with van der Waals surface area (Å²) in [5.74, 6) is 1.09. The normalized spacial score (nSPS) is 14.7. The van der Waals surface area contributed by atoms with Crippen LogP contribution in [-0.4, -0.2) is 19.8 Å². The first kappa shape index (κ1) is 15.9. The van der Waals surface area contributed by atoms with E-state index in [9.17, 15) is 4.39 Å². The summed E-state index contributed by atoms with van der Waals surface area (Å²) < 4.78 is 19.9. The minimum Gasteiger partial charge on any atom is -0.457 e. The number of piperidine rings is 1. The lowest BCUT2D eigenvalue weighted by atomic mass is 9.49. The lowest BCUT2D eigenvalue weighted by Gasteiger charge is -2.29. The average molecular weight is 311 g/mol. The van der Waals surface area contributed by atoms with Crippen LogP contribution in [0.2, 0.25) is 13.6 Å². The van der Waals surface area contributed by atoms with Crippen LogP contribution in [-0.2, 0) is 0 Å². The van der Waals surface area contributed by atoms with Crippen LogP contribution in [0.1, 0.15) is 19.3 Å². The Kier molecular flexibility index (Phi) is 4.89. The molecule has 1 saturated heterocycles. The molecule has 0 unspecified atom stereocenters. The summed E-state index contributed by atoms with van der Waals surface area (Å²) in [5, 5.41) is 0. The van der Waals surface area contributed by atoms with Crippen LogP contribution < -0.4 is 15.1 Å². The van der Waals surface area contributed by atoms with Crippen LogP contribution in [0.25, 0.3) is 0 Å². The van der Waals surface area contributed by atoms with Crippen molar-refractivity contribution in [3.63, 3.8) is 0 Å². The van der Waals surface area contributed by atoms with E-state index in [1.54, 1.807) is 0 Å². The third-order valence-corrected chi connectivity index (χ3v) is 4.37. The number of ether oxygens (including phenoxy) is 1. The molecule has 0 atom stereocenters. The summed E-state index contributed by atoms with van der Waals surface area (Å²) in [6.45, 7) is 6.34. The molecule has 0 N–H and O–H groups in total. The molecule has 2 aromatic rings. The molecule has 0 aromatic heterocycles. The predicted molar refractivity (Wildman–Crippen MR) is 96.1 cm³/mol. The standard InChI is InChI=1S/C19H23BFNO/c1-20(2)18-10-9-17(14-19(18)21)23-16-8-6-7-15(13-16)22-11-4-3-5-12-22/h6-10,13-14H,3-5,11-12H2,1-2H3. The SMILES string of the molecule is CB(C)c1ccc(Oc2cccc(N3CCCCC3)c2)cc1F. The van der Waals surface area contributed by atoms with Gasteiger partial charge in [-0.25, -0.2) is 4.39 Å². The van der Waals surface area contributed by atoms with E-state index in [1.165, 1.54) is 31.0 Å². The van der Waals surface area contributed by atoms with Crippen LogP contribution in [0, 0.1) is 5.82 Å². The van der Waals surface area contributed by atoms with E-state index < -0.39 is 0 Å². The molecular formula is C19H23BFNO. The summed E-state index contributed by atoms with van der Waals surface area (Å²) in [7, 11) is 0. The Hall–Kier alpha value is -1.97. The van der Waals surface area contributed by atoms with Crippen molar-refractivity contribution in [3.05, 3.63) is 48.3 Å². The van der Waals surface area contributed by atoms with Gasteiger partial charge in [0.2, 0.25) is 0 Å². The molecule has 1 aliphatic heterocycles. The Morgan fingerprint density at radius 3 is 2.39 bits per heavy atom. The van der Waals surface area contributed by atoms with E-state index in [4.69, 9.17) is 4.74 Å². The van der Waals surface area contributed by atoms with Crippen molar-refractivity contribution >= 4 is 17.9 Å². The van der Waals surface area contributed by atoms with Crippen LogP contribution >= 0.6 is 0 Å². The van der Waals surface area contributed by atoms with Crippen molar-refractivity contribution < 1.29 is 9.13 Å². The van der Waals surface area contributed by atoms with Gasteiger partial charge in [-0.05, 0) is 42.9 Å². The van der Waals surface area contributed by atoms with Gasteiger partial charge in [0.1, 0.15) is 17.3 Å². The van der Waals surface area contributed by atoms with Gasteiger partial charge in [0.15, 0.2) is 6.71 Å². The smallest absolute Gasteiger partial charge is 0.173 e. The van der Waals surface area contributed by atoms with Crippen molar-refractivity contribution in [3.8, 4) is 11.5 Å². The van der Waals surface area contributed by atoms with Crippen molar-refractivity contribution in [1.29, 1.82) is 0 Å². The molecule has 0 amide bonds. The molecule has 0 saturated carbocycles. The average Bonchev–Trinajstić information content (AvgIpc) is 2.56. The fraction of sp³-hybridized carbons (Fsp3) is 0.368. The second-order valence-electron chi connectivity index (χ2n) is 6.49.